The van der Waals surface area contributed by atoms with Crippen LogP contribution in [-0.2, 0) is 27.1 Å². The van der Waals surface area contributed by atoms with Gasteiger partial charge in [0.05, 0.1) is 5.75 Å². The quantitative estimate of drug-likeness (QED) is 0.533. The van der Waals surface area contributed by atoms with Crippen molar-refractivity contribution in [2.75, 3.05) is 7.05 Å². The molecule has 3 amide bonds. The van der Waals surface area contributed by atoms with Crippen molar-refractivity contribution in [3.8, 4) is 0 Å². The Hall–Kier alpha value is -2.13. The SMILES string of the molecule is CNS(=O)(=O)Cc1ccc(CNC(=O)[C@@H](C)NC(N)=O)cc1. The van der Waals surface area contributed by atoms with Crippen molar-refractivity contribution in [1.29, 1.82) is 0 Å². The summed E-state index contributed by atoms with van der Waals surface area (Å²) >= 11 is 0. The van der Waals surface area contributed by atoms with Gasteiger partial charge in [-0.2, -0.15) is 0 Å². The maximum absolute atomic E-state index is 11.7. The largest absolute Gasteiger partial charge is 0.352 e. The fourth-order valence-corrected chi connectivity index (χ4v) is 2.44. The summed E-state index contributed by atoms with van der Waals surface area (Å²) in [6.45, 7) is 1.79. The standard InChI is InChI=1S/C13H20N4O4S/c1-9(17-13(14)19)12(18)16-7-10-3-5-11(6-4-10)8-22(20,21)15-2/h3-6,9,15H,7-8H2,1-2H3,(H,16,18)(H3,14,17,19)/t9-/m1/s1. The van der Waals surface area contributed by atoms with E-state index >= 15 is 0 Å². The number of hydrogen-bond acceptors (Lipinski definition) is 4. The number of carbonyl (C=O) groups is 2. The van der Waals surface area contributed by atoms with Gasteiger partial charge in [0.25, 0.3) is 0 Å². The Kier molecular flexibility index (Phi) is 6.32. The molecule has 0 fully saturated rings. The third-order valence-corrected chi connectivity index (χ3v) is 4.24. The highest BCUT2D eigenvalue weighted by Crippen LogP contribution is 2.07. The molecule has 0 heterocycles. The average molecular weight is 328 g/mol. The van der Waals surface area contributed by atoms with Crippen molar-refractivity contribution in [1.82, 2.24) is 15.4 Å². The highest BCUT2D eigenvalue weighted by atomic mass is 32.2. The maximum atomic E-state index is 11.7. The molecule has 0 saturated carbocycles. The minimum absolute atomic E-state index is 0.101. The monoisotopic (exact) mass is 328 g/mol. The third kappa shape index (κ3) is 6.10. The Morgan fingerprint density at radius 1 is 1.18 bits per heavy atom. The van der Waals surface area contributed by atoms with Gasteiger partial charge in [-0.1, -0.05) is 24.3 Å². The van der Waals surface area contributed by atoms with Gasteiger partial charge in [-0.25, -0.2) is 17.9 Å². The van der Waals surface area contributed by atoms with Gasteiger partial charge in [0, 0.05) is 6.54 Å². The number of rotatable bonds is 7. The van der Waals surface area contributed by atoms with Crippen LogP contribution in [0, 0.1) is 0 Å². The van der Waals surface area contributed by atoms with Crippen LogP contribution in [-0.4, -0.2) is 33.4 Å². The first-order valence-corrected chi connectivity index (χ1v) is 8.21. The summed E-state index contributed by atoms with van der Waals surface area (Å²) in [5.41, 5.74) is 6.39. The van der Waals surface area contributed by atoms with E-state index in [1.54, 1.807) is 24.3 Å². The Bertz CT molecular complexity index is 628. The van der Waals surface area contributed by atoms with Crippen LogP contribution in [0.25, 0.3) is 0 Å². The van der Waals surface area contributed by atoms with Crippen LogP contribution in [0.5, 0.6) is 0 Å². The van der Waals surface area contributed by atoms with Crippen LogP contribution < -0.4 is 21.1 Å². The highest BCUT2D eigenvalue weighted by Gasteiger charge is 2.13. The number of sulfonamides is 1. The Morgan fingerprint density at radius 3 is 2.23 bits per heavy atom. The van der Waals surface area contributed by atoms with Crippen molar-refractivity contribution >= 4 is 22.0 Å². The third-order valence-electron chi connectivity index (χ3n) is 2.91. The number of benzene rings is 1. The van der Waals surface area contributed by atoms with E-state index in [2.05, 4.69) is 15.4 Å². The molecule has 0 radical (unpaired) electrons. The van der Waals surface area contributed by atoms with Crippen LogP contribution in [0.3, 0.4) is 0 Å². The number of nitrogens with two attached hydrogens (primary N) is 1. The predicted octanol–water partition coefficient (Wildman–Crippen LogP) is -0.591. The van der Waals surface area contributed by atoms with Crippen molar-refractivity contribution in [3.63, 3.8) is 0 Å². The fraction of sp³-hybridized carbons (Fsp3) is 0.385. The highest BCUT2D eigenvalue weighted by molar-refractivity contribution is 7.88. The first-order valence-electron chi connectivity index (χ1n) is 6.56. The van der Waals surface area contributed by atoms with Gasteiger partial charge in [-0.3, -0.25) is 4.79 Å². The molecular weight excluding hydrogens is 308 g/mol. The summed E-state index contributed by atoms with van der Waals surface area (Å²) in [7, 11) is -1.94. The fourth-order valence-electron chi connectivity index (χ4n) is 1.67. The van der Waals surface area contributed by atoms with E-state index in [9.17, 15) is 18.0 Å². The number of nitrogens with one attached hydrogen (secondary N) is 3. The minimum Gasteiger partial charge on any atom is -0.352 e. The zero-order valence-corrected chi connectivity index (χ0v) is 13.2. The molecule has 22 heavy (non-hydrogen) atoms. The Labute approximate surface area is 129 Å². The van der Waals surface area contributed by atoms with E-state index in [1.165, 1.54) is 14.0 Å². The van der Waals surface area contributed by atoms with E-state index in [0.717, 1.165) is 5.56 Å². The molecule has 0 aliphatic rings. The van der Waals surface area contributed by atoms with E-state index in [0.29, 0.717) is 5.56 Å². The smallest absolute Gasteiger partial charge is 0.312 e. The molecular formula is C13H20N4O4S. The van der Waals surface area contributed by atoms with E-state index in [4.69, 9.17) is 5.73 Å². The minimum atomic E-state index is -3.31. The molecule has 1 aromatic rings. The zero-order valence-electron chi connectivity index (χ0n) is 12.4. The normalized spacial score (nSPS) is 12.5. The number of carbonyl (C=O) groups excluding carboxylic acids is 2. The Balaban J connectivity index is 2.55. The summed E-state index contributed by atoms with van der Waals surface area (Å²) in [4.78, 5) is 22.3. The molecule has 0 spiro atoms. The molecule has 8 nitrogen and oxygen atoms in total. The van der Waals surface area contributed by atoms with Crippen LogP contribution >= 0.6 is 0 Å². The lowest BCUT2D eigenvalue weighted by molar-refractivity contribution is -0.122. The van der Waals surface area contributed by atoms with Gasteiger partial charge in [0.1, 0.15) is 6.04 Å². The summed E-state index contributed by atoms with van der Waals surface area (Å²) in [6, 6.07) is 5.33. The molecule has 0 aliphatic carbocycles. The van der Waals surface area contributed by atoms with Gasteiger partial charge in [-0.15, -0.1) is 0 Å². The molecule has 0 saturated heterocycles. The second-order valence-electron chi connectivity index (χ2n) is 4.73. The van der Waals surface area contributed by atoms with Gasteiger partial charge >= 0.3 is 6.03 Å². The Morgan fingerprint density at radius 2 is 1.73 bits per heavy atom. The van der Waals surface area contributed by atoms with Crippen molar-refractivity contribution in [2.45, 2.75) is 25.3 Å². The second-order valence-corrected chi connectivity index (χ2v) is 6.65. The van der Waals surface area contributed by atoms with E-state index in [1.807, 2.05) is 0 Å². The molecule has 0 unspecified atom stereocenters. The summed E-state index contributed by atoms with van der Waals surface area (Å²) in [5, 5.41) is 4.92. The van der Waals surface area contributed by atoms with Crippen LogP contribution in [0.2, 0.25) is 0 Å². The molecule has 1 aromatic carbocycles. The molecule has 9 heteroatoms. The summed E-state index contributed by atoms with van der Waals surface area (Å²) in [6.07, 6.45) is 0. The van der Waals surface area contributed by atoms with Crippen LogP contribution in [0.1, 0.15) is 18.1 Å². The molecule has 0 aliphatic heterocycles. The lowest BCUT2D eigenvalue weighted by atomic mass is 10.1. The van der Waals surface area contributed by atoms with Crippen LogP contribution in [0.15, 0.2) is 24.3 Å². The molecule has 122 valence electrons. The molecule has 0 bridgehead atoms. The summed E-state index contributed by atoms with van der Waals surface area (Å²) < 4.78 is 25.1. The van der Waals surface area contributed by atoms with Crippen molar-refractivity contribution in [3.05, 3.63) is 35.4 Å². The first-order chi connectivity index (χ1) is 10.2. The van der Waals surface area contributed by atoms with Gasteiger partial charge in [-0.05, 0) is 25.1 Å². The van der Waals surface area contributed by atoms with E-state index < -0.39 is 22.1 Å². The molecule has 1 rings (SSSR count). The van der Waals surface area contributed by atoms with Crippen molar-refractivity contribution in [2.24, 2.45) is 5.73 Å². The van der Waals surface area contributed by atoms with Gasteiger partial charge in [0.15, 0.2) is 0 Å². The number of urea groups is 1. The number of primary amides is 1. The van der Waals surface area contributed by atoms with Gasteiger partial charge in [0.2, 0.25) is 15.9 Å². The lowest BCUT2D eigenvalue weighted by Crippen LogP contribution is -2.46. The summed E-state index contributed by atoms with van der Waals surface area (Å²) in [5.74, 6) is -0.462. The average Bonchev–Trinajstić information content (AvgIpc) is 2.45. The molecule has 5 N–H and O–H groups in total. The second kappa shape index (κ2) is 7.76. The number of hydrogen-bond donors (Lipinski definition) is 4. The first kappa shape index (κ1) is 17.9. The van der Waals surface area contributed by atoms with Crippen molar-refractivity contribution < 1.29 is 18.0 Å². The number of amides is 3. The lowest BCUT2D eigenvalue weighted by Gasteiger charge is -2.12. The maximum Gasteiger partial charge on any atom is 0.312 e. The molecule has 0 aromatic heterocycles. The zero-order chi connectivity index (χ0) is 16.8. The van der Waals surface area contributed by atoms with Gasteiger partial charge < -0.3 is 16.4 Å². The predicted molar refractivity (Wildman–Crippen MR) is 82.2 cm³/mol. The van der Waals surface area contributed by atoms with Crippen LogP contribution in [0.4, 0.5) is 4.79 Å². The van der Waals surface area contributed by atoms with E-state index in [-0.39, 0.29) is 18.2 Å². The topological polar surface area (TPSA) is 130 Å². The molecule has 1 atom stereocenters.